The summed E-state index contributed by atoms with van der Waals surface area (Å²) in [5.74, 6) is 0.549. The topological polar surface area (TPSA) is 123 Å². The molecule has 1 aliphatic carbocycles. The van der Waals surface area contributed by atoms with Crippen LogP contribution in [0.3, 0.4) is 0 Å². The Bertz CT molecular complexity index is 731. The van der Waals surface area contributed by atoms with Gasteiger partial charge in [0.05, 0.1) is 37.6 Å². The van der Waals surface area contributed by atoms with Crippen molar-refractivity contribution in [1.29, 1.82) is 0 Å². The van der Waals surface area contributed by atoms with E-state index in [4.69, 9.17) is 4.74 Å². The molecule has 0 radical (unpaired) electrons. The molecule has 2 fully saturated rings. The number of carbonyl (C=O) groups is 1. The number of imidazole rings is 1. The van der Waals surface area contributed by atoms with E-state index in [1.807, 2.05) is 0 Å². The van der Waals surface area contributed by atoms with Gasteiger partial charge in [0.1, 0.15) is 0 Å². The minimum Gasteiger partial charge on any atom is -0.394 e. The van der Waals surface area contributed by atoms with E-state index in [1.165, 1.54) is 25.4 Å². The molecule has 2 heterocycles. The molecule has 10 heteroatoms. The maximum absolute atomic E-state index is 12.4. The zero-order valence-electron chi connectivity index (χ0n) is 14.8. The van der Waals surface area contributed by atoms with Crippen LogP contribution in [0, 0.1) is 5.92 Å². The Morgan fingerprint density at radius 1 is 1.38 bits per heavy atom. The fourth-order valence-electron chi connectivity index (χ4n) is 3.06. The second-order valence-electron chi connectivity index (χ2n) is 7.11. The van der Waals surface area contributed by atoms with Crippen molar-refractivity contribution in [3.63, 3.8) is 0 Å². The minimum atomic E-state index is -3.79. The molecule has 3 atom stereocenters. The molecule has 1 amide bonds. The van der Waals surface area contributed by atoms with E-state index < -0.39 is 22.2 Å². The first kappa shape index (κ1) is 19.3. The number of aryl methyl sites for hydroxylation is 1. The lowest BCUT2D eigenvalue weighted by Crippen LogP contribution is -2.51. The third kappa shape index (κ3) is 5.03. The van der Waals surface area contributed by atoms with Gasteiger partial charge in [0, 0.05) is 19.8 Å². The summed E-state index contributed by atoms with van der Waals surface area (Å²) >= 11 is 0. The smallest absolute Gasteiger partial charge is 0.259 e. The monoisotopic (exact) mass is 386 g/mol. The number of aliphatic hydroxyl groups is 1. The molecule has 2 aliphatic rings. The van der Waals surface area contributed by atoms with Crippen LogP contribution in [0.4, 0.5) is 0 Å². The normalized spacial score (nSPS) is 26.6. The Morgan fingerprint density at radius 2 is 2.15 bits per heavy atom. The highest BCUT2D eigenvalue weighted by molar-refractivity contribution is 7.89. The summed E-state index contributed by atoms with van der Waals surface area (Å²) in [6.07, 6.45) is 5.41. The predicted molar refractivity (Wildman–Crippen MR) is 92.6 cm³/mol. The van der Waals surface area contributed by atoms with E-state index in [9.17, 15) is 18.3 Å². The first-order chi connectivity index (χ1) is 12.4. The summed E-state index contributed by atoms with van der Waals surface area (Å²) in [5, 5.41) is 12.4. The molecule has 1 aromatic heterocycles. The van der Waals surface area contributed by atoms with Gasteiger partial charge in [-0.3, -0.25) is 4.79 Å². The average Bonchev–Trinajstić information content (AvgIpc) is 3.32. The number of aromatic nitrogens is 2. The number of sulfonamides is 1. The van der Waals surface area contributed by atoms with Crippen LogP contribution >= 0.6 is 0 Å². The third-order valence-electron chi connectivity index (χ3n) is 4.76. The van der Waals surface area contributed by atoms with Crippen molar-refractivity contribution >= 4 is 15.9 Å². The van der Waals surface area contributed by atoms with Gasteiger partial charge in [-0.1, -0.05) is 0 Å². The summed E-state index contributed by atoms with van der Waals surface area (Å²) in [6.45, 7) is 0.386. The fraction of sp³-hybridized carbons (Fsp3) is 0.750. The van der Waals surface area contributed by atoms with E-state index in [0.717, 1.165) is 0 Å². The molecule has 0 bridgehead atoms. The molecule has 0 aromatic carbocycles. The second kappa shape index (κ2) is 8.03. The first-order valence-electron chi connectivity index (χ1n) is 8.90. The first-order valence-corrected chi connectivity index (χ1v) is 10.4. The lowest BCUT2D eigenvalue weighted by Gasteiger charge is -2.35. The molecule has 26 heavy (non-hydrogen) atoms. The van der Waals surface area contributed by atoms with Gasteiger partial charge in [-0.2, -0.15) is 0 Å². The summed E-state index contributed by atoms with van der Waals surface area (Å²) < 4.78 is 34.7. The van der Waals surface area contributed by atoms with Crippen molar-refractivity contribution in [3.05, 3.63) is 12.5 Å². The Balaban J connectivity index is 1.53. The van der Waals surface area contributed by atoms with E-state index >= 15 is 0 Å². The number of nitrogens with zero attached hydrogens (tertiary/aromatic N) is 2. The zero-order chi connectivity index (χ0) is 18.7. The lowest BCUT2D eigenvalue weighted by molar-refractivity contribution is -0.130. The number of carbonyl (C=O) groups excluding carboxylic acids is 1. The maximum atomic E-state index is 12.4. The van der Waals surface area contributed by atoms with Gasteiger partial charge in [0.25, 0.3) is 10.0 Å². The number of hydrogen-bond donors (Lipinski definition) is 3. The van der Waals surface area contributed by atoms with Gasteiger partial charge in [0.2, 0.25) is 5.91 Å². The Labute approximate surface area is 153 Å². The maximum Gasteiger partial charge on any atom is 0.259 e. The predicted octanol–water partition coefficient (Wildman–Crippen LogP) is -0.477. The molecule has 0 unspecified atom stereocenters. The summed E-state index contributed by atoms with van der Waals surface area (Å²) in [4.78, 5) is 15.8. The number of amides is 1. The van der Waals surface area contributed by atoms with Crippen LogP contribution in [0.25, 0.3) is 0 Å². The fourth-order valence-corrected chi connectivity index (χ4v) is 4.34. The molecule has 9 nitrogen and oxygen atoms in total. The van der Waals surface area contributed by atoms with Crippen molar-refractivity contribution in [2.24, 2.45) is 13.0 Å². The average molecular weight is 386 g/mol. The highest BCUT2D eigenvalue weighted by atomic mass is 32.2. The van der Waals surface area contributed by atoms with Crippen LogP contribution in [0.15, 0.2) is 17.6 Å². The molecule has 1 saturated carbocycles. The van der Waals surface area contributed by atoms with Crippen LogP contribution in [0.2, 0.25) is 0 Å². The molecular weight excluding hydrogens is 360 g/mol. The number of nitrogens with one attached hydrogen (secondary N) is 2. The highest BCUT2D eigenvalue weighted by Crippen LogP contribution is 2.28. The molecule has 3 N–H and O–H groups in total. The van der Waals surface area contributed by atoms with Gasteiger partial charge in [-0.05, 0) is 31.6 Å². The molecule has 1 aromatic rings. The number of ether oxygens (including phenoxy) is 1. The number of hydrogen-bond acceptors (Lipinski definition) is 6. The van der Waals surface area contributed by atoms with Gasteiger partial charge in [-0.15, -0.1) is 0 Å². The van der Waals surface area contributed by atoms with E-state index in [2.05, 4.69) is 15.0 Å². The number of rotatable bonds is 8. The zero-order valence-corrected chi connectivity index (χ0v) is 15.6. The molecule has 0 spiro atoms. The standard InChI is InChI=1S/C16H26N4O5S/c1-20-8-16(18-10-20)26(23,24)19-13-5-4-12(25-14(13)9-21)6-15(22)17-7-11-2-3-11/h8,10-14,19,21H,2-7,9H2,1H3,(H,17,22)/t12-,13-,14-/m0/s1. The molecule has 3 rings (SSSR count). The molecule has 146 valence electrons. The van der Waals surface area contributed by atoms with Crippen LogP contribution in [-0.2, 0) is 26.6 Å². The Hall–Kier alpha value is -1.49. The van der Waals surface area contributed by atoms with Gasteiger partial charge in [0.15, 0.2) is 5.03 Å². The minimum absolute atomic E-state index is 0.0638. The van der Waals surface area contributed by atoms with Crippen LogP contribution in [-0.4, -0.2) is 60.4 Å². The van der Waals surface area contributed by atoms with E-state index in [0.29, 0.717) is 25.3 Å². The van der Waals surface area contributed by atoms with Crippen molar-refractivity contribution in [2.75, 3.05) is 13.2 Å². The van der Waals surface area contributed by atoms with Crippen molar-refractivity contribution in [2.45, 2.75) is 55.4 Å². The third-order valence-corrected chi connectivity index (χ3v) is 6.13. The molecule has 1 aliphatic heterocycles. The second-order valence-corrected chi connectivity index (χ2v) is 8.77. The van der Waals surface area contributed by atoms with Crippen molar-refractivity contribution in [1.82, 2.24) is 19.6 Å². The number of aliphatic hydroxyl groups excluding tert-OH is 1. The summed E-state index contributed by atoms with van der Waals surface area (Å²) in [6, 6.07) is -0.558. The largest absolute Gasteiger partial charge is 0.394 e. The Morgan fingerprint density at radius 3 is 2.77 bits per heavy atom. The quantitative estimate of drug-likeness (QED) is 0.555. The van der Waals surface area contributed by atoms with Crippen LogP contribution in [0.5, 0.6) is 0 Å². The van der Waals surface area contributed by atoms with Gasteiger partial charge < -0.3 is 19.7 Å². The van der Waals surface area contributed by atoms with Gasteiger partial charge in [-0.25, -0.2) is 18.1 Å². The summed E-state index contributed by atoms with van der Waals surface area (Å²) in [7, 11) is -2.10. The van der Waals surface area contributed by atoms with Crippen molar-refractivity contribution < 1.29 is 23.1 Å². The highest BCUT2D eigenvalue weighted by Gasteiger charge is 2.35. The van der Waals surface area contributed by atoms with Crippen LogP contribution < -0.4 is 10.0 Å². The van der Waals surface area contributed by atoms with Crippen molar-refractivity contribution in [3.8, 4) is 0 Å². The van der Waals surface area contributed by atoms with E-state index in [-0.39, 0.29) is 30.1 Å². The molecule has 1 saturated heterocycles. The Kier molecular flexibility index (Phi) is 5.96. The SMILES string of the molecule is Cn1cnc(S(=O)(=O)N[C@H]2CC[C@@H](CC(=O)NCC3CC3)O[C@H]2CO)c1. The molecular formula is C16H26N4O5S. The van der Waals surface area contributed by atoms with Gasteiger partial charge >= 0.3 is 0 Å². The summed E-state index contributed by atoms with van der Waals surface area (Å²) in [5.41, 5.74) is 0. The lowest BCUT2D eigenvalue weighted by atomic mass is 9.98. The van der Waals surface area contributed by atoms with E-state index in [1.54, 1.807) is 11.6 Å². The van der Waals surface area contributed by atoms with Crippen LogP contribution in [0.1, 0.15) is 32.1 Å².